The average molecular weight is 412 g/mol. The second kappa shape index (κ2) is 7.65. The van der Waals surface area contributed by atoms with Gasteiger partial charge in [-0.25, -0.2) is 4.39 Å². The highest BCUT2D eigenvalue weighted by atomic mass is 19.1. The third kappa shape index (κ3) is 3.27. The highest BCUT2D eigenvalue weighted by molar-refractivity contribution is 6.05. The van der Waals surface area contributed by atoms with Crippen LogP contribution in [0.15, 0.2) is 48.5 Å². The third-order valence-electron chi connectivity index (χ3n) is 6.32. The van der Waals surface area contributed by atoms with Crippen LogP contribution in [-0.2, 0) is 20.1 Å². The molecule has 0 saturated carbocycles. The van der Waals surface area contributed by atoms with Crippen molar-refractivity contribution in [3.8, 4) is 0 Å². The number of hydrogen-bond donors (Lipinski definition) is 1. The van der Waals surface area contributed by atoms with E-state index < -0.39 is 5.79 Å². The SMILES string of the molecule is C[C@H]1CCO[C@]2(O1)C(=O)N(C[NH+]1CCN(c3ccc(F)cc3)CC1)c1ccccc12. The quantitative estimate of drug-likeness (QED) is 0.831. The Labute approximate surface area is 175 Å². The van der Waals surface area contributed by atoms with Gasteiger partial charge in [-0.3, -0.25) is 9.69 Å². The number of nitrogens with zero attached hydrogens (tertiary/aromatic N) is 2. The van der Waals surface area contributed by atoms with Crippen molar-refractivity contribution in [1.29, 1.82) is 0 Å². The molecule has 2 saturated heterocycles. The van der Waals surface area contributed by atoms with E-state index in [2.05, 4.69) is 4.90 Å². The lowest BCUT2D eigenvalue weighted by molar-refractivity contribution is -0.899. The van der Waals surface area contributed by atoms with Crippen LogP contribution in [0.2, 0.25) is 0 Å². The highest BCUT2D eigenvalue weighted by Crippen LogP contribution is 2.45. The Balaban J connectivity index is 1.31. The summed E-state index contributed by atoms with van der Waals surface area (Å²) in [7, 11) is 0. The van der Waals surface area contributed by atoms with Gasteiger partial charge in [-0.05, 0) is 43.7 Å². The van der Waals surface area contributed by atoms with Gasteiger partial charge in [0.25, 0.3) is 11.7 Å². The summed E-state index contributed by atoms with van der Waals surface area (Å²) in [4.78, 5) is 18.9. The average Bonchev–Trinajstić information content (AvgIpc) is 2.98. The molecule has 1 spiro atoms. The van der Waals surface area contributed by atoms with Crippen LogP contribution in [0.1, 0.15) is 18.9 Å². The second-order valence-electron chi connectivity index (χ2n) is 8.30. The summed E-state index contributed by atoms with van der Waals surface area (Å²) in [5.41, 5.74) is 2.73. The molecule has 2 aromatic carbocycles. The van der Waals surface area contributed by atoms with Crippen molar-refractivity contribution >= 4 is 17.3 Å². The first-order valence-corrected chi connectivity index (χ1v) is 10.6. The molecule has 1 amide bonds. The summed E-state index contributed by atoms with van der Waals surface area (Å²) >= 11 is 0. The molecule has 158 valence electrons. The zero-order valence-corrected chi connectivity index (χ0v) is 17.1. The number of rotatable bonds is 3. The van der Waals surface area contributed by atoms with Crippen molar-refractivity contribution in [1.82, 2.24) is 0 Å². The van der Waals surface area contributed by atoms with E-state index in [0.717, 1.165) is 49.5 Å². The molecule has 7 heteroatoms. The Hall–Kier alpha value is -2.48. The molecule has 3 aliphatic rings. The molecular weight excluding hydrogens is 385 g/mol. The maximum Gasteiger partial charge on any atom is 0.296 e. The molecule has 2 fully saturated rings. The third-order valence-corrected chi connectivity index (χ3v) is 6.32. The van der Waals surface area contributed by atoms with E-state index in [1.165, 1.54) is 17.0 Å². The first kappa shape index (κ1) is 19.5. The summed E-state index contributed by atoms with van der Waals surface area (Å²) in [5, 5.41) is 0. The number of anilines is 2. The lowest BCUT2D eigenvalue weighted by atomic mass is 10.1. The number of piperazine rings is 1. The highest BCUT2D eigenvalue weighted by Gasteiger charge is 2.56. The molecule has 0 aromatic heterocycles. The van der Waals surface area contributed by atoms with Gasteiger partial charge in [-0.15, -0.1) is 0 Å². The van der Waals surface area contributed by atoms with E-state index in [1.54, 1.807) is 0 Å². The normalized spacial score (nSPS) is 27.0. The van der Waals surface area contributed by atoms with Crippen LogP contribution < -0.4 is 14.7 Å². The molecule has 2 atom stereocenters. The van der Waals surface area contributed by atoms with E-state index in [0.29, 0.717) is 13.3 Å². The minimum atomic E-state index is -1.30. The van der Waals surface area contributed by atoms with Crippen LogP contribution in [0.3, 0.4) is 0 Å². The molecule has 0 bridgehead atoms. The van der Waals surface area contributed by atoms with Gasteiger partial charge in [-0.1, -0.05) is 18.2 Å². The fourth-order valence-electron chi connectivity index (χ4n) is 4.66. The zero-order valence-electron chi connectivity index (χ0n) is 17.1. The number of amides is 1. The van der Waals surface area contributed by atoms with E-state index in [4.69, 9.17) is 9.47 Å². The molecule has 3 aliphatic heterocycles. The van der Waals surface area contributed by atoms with Crippen molar-refractivity contribution in [2.24, 2.45) is 0 Å². The van der Waals surface area contributed by atoms with Crippen molar-refractivity contribution in [2.75, 3.05) is 49.3 Å². The van der Waals surface area contributed by atoms with Crippen LogP contribution in [0.25, 0.3) is 0 Å². The van der Waals surface area contributed by atoms with Crippen molar-refractivity contribution in [3.63, 3.8) is 0 Å². The summed E-state index contributed by atoms with van der Waals surface area (Å²) in [6.07, 6.45) is 0.760. The Kier molecular flexibility index (Phi) is 4.97. The lowest BCUT2D eigenvalue weighted by Crippen LogP contribution is -3.16. The van der Waals surface area contributed by atoms with Gasteiger partial charge < -0.3 is 19.3 Å². The maximum atomic E-state index is 13.5. The molecule has 0 unspecified atom stereocenters. The molecule has 3 heterocycles. The smallest absolute Gasteiger partial charge is 0.296 e. The Bertz CT molecular complexity index is 930. The largest absolute Gasteiger partial charge is 0.360 e. The van der Waals surface area contributed by atoms with E-state index in [-0.39, 0.29) is 17.8 Å². The topological polar surface area (TPSA) is 46.5 Å². The number of halogens is 1. The minimum absolute atomic E-state index is 0.0256. The van der Waals surface area contributed by atoms with Crippen molar-refractivity contribution in [2.45, 2.75) is 25.2 Å². The molecule has 30 heavy (non-hydrogen) atoms. The number of para-hydroxylation sites is 1. The molecular formula is C23H27FN3O3+. The van der Waals surface area contributed by atoms with Crippen LogP contribution in [0.4, 0.5) is 15.8 Å². The Morgan fingerprint density at radius 3 is 2.60 bits per heavy atom. The van der Waals surface area contributed by atoms with Gasteiger partial charge in [0.15, 0.2) is 6.67 Å². The predicted octanol–water partition coefficient (Wildman–Crippen LogP) is 1.51. The van der Waals surface area contributed by atoms with Crippen LogP contribution in [0.5, 0.6) is 0 Å². The molecule has 6 nitrogen and oxygen atoms in total. The number of nitrogens with one attached hydrogen (secondary N) is 1. The number of fused-ring (bicyclic) bond motifs is 2. The van der Waals surface area contributed by atoms with Gasteiger partial charge in [0.05, 0.1) is 44.6 Å². The van der Waals surface area contributed by atoms with Gasteiger partial charge in [0.2, 0.25) is 0 Å². The van der Waals surface area contributed by atoms with Gasteiger partial charge in [0.1, 0.15) is 5.82 Å². The monoisotopic (exact) mass is 412 g/mol. The number of ether oxygens (including phenoxy) is 2. The van der Waals surface area contributed by atoms with Crippen molar-refractivity contribution < 1.29 is 23.6 Å². The van der Waals surface area contributed by atoms with Gasteiger partial charge in [-0.2, -0.15) is 0 Å². The van der Waals surface area contributed by atoms with Crippen molar-refractivity contribution in [3.05, 3.63) is 59.9 Å². The first-order chi connectivity index (χ1) is 14.6. The van der Waals surface area contributed by atoms with E-state index in [1.807, 2.05) is 48.2 Å². The number of hydrogen-bond acceptors (Lipinski definition) is 4. The van der Waals surface area contributed by atoms with E-state index in [9.17, 15) is 9.18 Å². The fraction of sp³-hybridized carbons (Fsp3) is 0.435. The van der Waals surface area contributed by atoms with Gasteiger partial charge >= 0.3 is 0 Å². The Morgan fingerprint density at radius 1 is 1.13 bits per heavy atom. The molecule has 1 N–H and O–H groups in total. The van der Waals surface area contributed by atoms with E-state index >= 15 is 0 Å². The molecule has 0 radical (unpaired) electrons. The summed E-state index contributed by atoms with van der Waals surface area (Å²) in [5.74, 6) is -1.64. The summed E-state index contributed by atoms with van der Waals surface area (Å²) in [6.45, 7) is 6.60. The first-order valence-electron chi connectivity index (χ1n) is 10.6. The fourth-order valence-corrected chi connectivity index (χ4v) is 4.66. The standard InChI is InChI=1S/C23H26FN3O3/c1-17-10-15-29-23(30-17)20-4-2-3-5-21(20)27(22(23)28)16-25-11-13-26(14-12-25)19-8-6-18(24)7-9-19/h2-9,17H,10-16H2,1H3/p+1/t17-,23+/m0/s1. The van der Waals surface area contributed by atoms with Crippen LogP contribution in [0, 0.1) is 5.82 Å². The molecule has 5 rings (SSSR count). The summed E-state index contributed by atoms with van der Waals surface area (Å²) in [6, 6.07) is 14.4. The predicted molar refractivity (Wildman–Crippen MR) is 111 cm³/mol. The number of carbonyl (C=O) groups excluding carboxylic acids is 1. The van der Waals surface area contributed by atoms with Crippen LogP contribution >= 0.6 is 0 Å². The minimum Gasteiger partial charge on any atom is -0.360 e. The molecule has 2 aromatic rings. The number of benzene rings is 2. The zero-order chi connectivity index (χ0) is 20.7. The summed E-state index contributed by atoms with van der Waals surface area (Å²) < 4.78 is 25.3. The maximum absolute atomic E-state index is 13.5. The Morgan fingerprint density at radius 2 is 1.87 bits per heavy atom. The van der Waals surface area contributed by atoms with Crippen LogP contribution in [-0.4, -0.2) is 51.5 Å². The van der Waals surface area contributed by atoms with Gasteiger partial charge in [0, 0.05) is 11.3 Å². The second-order valence-corrected chi connectivity index (χ2v) is 8.30. The number of quaternary nitrogens is 1. The molecule has 0 aliphatic carbocycles. The number of carbonyl (C=O) groups is 1. The lowest BCUT2D eigenvalue weighted by Gasteiger charge is -2.37.